The van der Waals surface area contributed by atoms with Crippen molar-refractivity contribution in [3.8, 4) is 0 Å². The molecule has 126 valence electrons. The third-order valence-corrected chi connectivity index (χ3v) is 3.83. The van der Waals surface area contributed by atoms with E-state index in [-0.39, 0.29) is 11.6 Å². The van der Waals surface area contributed by atoms with Gasteiger partial charge in [0.1, 0.15) is 11.5 Å². The number of hydrogen-bond donors (Lipinski definition) is 2. The van der Waals surface area contributed by atoms with Gasteiger partial charge in [0, 0.05) is 17.3 Å². The molecule has 0 spiro atoms. The van der Waals surface area contributed by atoms with E-state index in [1.165, 1.54) is 11.8 Å². The number of nitrogens with zero attached hydrogens (tertiary/aromatic N) is 2. The lowest BCUT2D eigenvalue weighted by molar-refractivity contribution is 0.102. The molecule has 2 aromatic carbocycles. The molecule has 0 saturated heterocycles. The Morgan fingerprint density at radius 3 is 2.36 bits per heavy atom. The summed E-state index contributed by atoms with van der Waals surface area (Å²) < 4.78 is 0. The van der Waals surface area contributed by atoms with Crippen LogP contribution < -0.4 is 10.6 Å². The van der Waals surface area contributed by atoms with E-state index in [9.17, 15) is 4.79 Å². The lowest BCUT2D eigenvalue weighted by Crippen LogP contribution is -2.14. The Kier molecular flexibility index (Phi) is 5.26. The Hall–Kier alpha value is -2.92. The highest BCUT2D eigenvalue weighted by Gasteiger charge is 2.08. The molecule has 6 heteroatoms. The summed E-state index contributed by atoms with van der Waals surface area (Å²) in [5, 5.41) is 6.54. The molecule has 1 amide bonds. The third-order valence-electron chi connectivity index (χ3n) is 3.58. The van der Waals surface area contributed by atoms with E-state index >= 15 is 0 Å². The molecule has 0 fully saturated rings. The largest absolute Gasteiger partial charge is 0.365 e. The molecule has 0 saturated carbocycles. The zero-order valence-corrected chi connectivity index (χ0v) is 14.4. The number of halogens is 1. The van der Waals surface area contributed by atoms with Crippen LogP contribution in [0, 0.1) is 6.92 Å². The summed E-state index contributed by atoms with van der Waals surface area (Å²) in [7, 11) is 0. The highest BCUT2D eigenvalue weighted by molar-refractivity contribution is 6.30. The second kappa shape index (κ2) is 7.77. The maximum atomic E-state index is 12.2. The molecule has 0 aliphatic rings. The van der Waals surface area contributed by atoms with Crippen LogP contribution in [0.3, 0.4) is 0 Å². The van der Waals surface area contributed by atoms with Crippen LogP contribution in [0.15, 0.2) is 60.9 Å². The Labute approximate surface area is 151 Å². The monoisotopic (exact) mass is 352 g/mol. The molecule has 0 aliphatic heterocycles. The predicted molar refractivity (Wildman–Crippen MR) is 99.9 cm³/mol. The molecule has 25 heavy (non-hydrogen) atoms. The Morgan fingerprint density at radius 2 is 1.72 bits per heavy atom. The number of aryl methyl sites for hydroxylation is 1. The van der Waals surface area contributed by atoms with Gasteiger partial charge in [-0.05, 0) is 36.8 Å². The maximum Gasteiger partial charge on any atom is 0.275 e. The number of benzene rings is 2. The van der Waals surface area contributed by atoms with Gasteiger partial charge in [-0.25, -0.2) is 9.97 Å². The summed E-state index contributed by atoms with van der Waals surface area (Å²) >= 11 is 5.82. The van der Waals surface area contributed by atoms with Gasteiger partial charge in [-0.2, -0.15) is 0 Å². The molecule has 1 aromatic heterocycles. The standard InChI is InChI=1S/C19H17ClN4O/c1-13-2-4-14(5-3-13)10-22-18-12-21-17(11-23-18)19(25)24-16-8-6-15(20)7-9-16/h2-9,11-12H,10H2,1H3,(H,22,23)(H,24,25). The van der Waals surface area contributed by atoms with Crippen LogP contribution in [-0.4, -0.2) is 15.9 Å². The van der Waals surface area contributed by atoms with Crippen molar-refractivity contribution in [2.45, 2.75) is 13.5 Å². The van der Waals surface area contributed by atoms with Crippen LogP contribution in [0.2, 0.25) is 5.02 Å². The molecule has 2 N–H and O–H groups in total. The number of rotatable bonds is 5. The van der Waals surface area contributed by atoms with E-state index in [1.54, 1.807) is 30.5 Å². The fourth-order valence-corrected chi connectivity index (χ4v) is 2.29. The van der Waals surface area contributed by atoms with Crippen LogP contribution in [0.1, 0.15) is 21.6 Å². The number of nitrogens with one attached hydrogen (secondary N) is 2. The summed E-state index contributed by atoms with van der Waals surface area (Å²) in [5.74, 6) is 0.295. The van der Waals surface area contributed by atoms with Gasteiger partial charge in [0.15, 0.2) is 0 Å². The molecular formula is C19H17ClN4O. The van der Waals surface area contributed by atoms with E-state index < -0.39 is 0 Å². The molecule has 3 rings (SSSR count). The SMILES string of the molecule is Cc1ccc(CNc2cnc(C(=O)Nc3ccc(Cl)cc3)cn2)cc1. The Balaban J connectivity index is 1.58. The van der Waals surface area contributed by atoms with Crippen molar-refractivity contribution in [1.82, 2.24) is 9.97 Å². The normalized spacial score (nSPS) is 10.3. The molecule has 5 nitrogen and oxygen atoms in total. The molecule has 0 unspecified atom stereocenters. The van der Waals surface area contributed by atoms with Gasteiger partial charge in [0.2, 0.25) is 0 Å². The van der Waals surface area contributed by atoms with Crippen molar-refractivity contribution in [3.05, 3.63) is 82.8 Å². The molecular weight excluding hydrogens is 336 g/mol. The lowest BCUT2D eigenvalue weighted by Gasteiger charge is -2.07. The van der Waals surface area contributed by atoms with Gasteiger partial charge >= 0.3 is 0 Å². The fraction of sp³-hybridized carbons (Fsp3) is 0.105. The average molecular weight is 353 g/mol. The minimum absolute atomic E-state index is 0.246. The van der Waals surface area contributed by atoms with Crippen molar-refractivity contribution in [2.75, 3.05) is 10.6 Å². The second-order valence-electron chi connectivity index (χ2n) is 5.59. The first-order chi connectivity index (χ1) is 12.1. The van der Waals surface area contributed by atoms with Gasteiger partial charge in [0.05, 0.1) is 12.4 Å². The predicted octanol–water partition coefficient (Wildman–Crippen LogP) is 4.30. The van der Waals surface area contributed by atoms with Crippen LogP contribution in [-0.2, 0) is 6.54 Å². The molecule has 3 aromatic rings. The maximum absolute atomic E-state index is 12.2. The number of carbonyl (C=O) groups is 1. The number of anilines is 2. The highest BCUT2D eigenvalue weighted by atomic mass is 35.5. The smallest absolute Gasteiger partial charge is 0.275 e. The summed E-state index contributed by atoms with van der Waals surface area (Å²) in [6.07, 6.45) is 2.99. The van der Waals surface area contributed by atoms with Crippen LogP contribution >= 0.6 is 11.6 Å². The Morgan fingerprint density at radius 1 is 1.00 bits per heavy atom. The summed E-state index contributed by atoms with van der Waals surface area (Å²) in [6, 6.07) is 15.1. The Bertz CT molecular complexity index is 846. The number of carbonyl (C=O) groups excluding carboxylic acids is 1. The van der Waals surface area contributed by atoms with Crippen molar-refractivity contribution in [3.63, 3.8) is 0 Å². The first kappa shape index (κ1) is 16.9. The fourth-order valence-electron chi connectivity index (χ4n) is 2.16. The van der Waals surface area contributed by atoms with Crippen molar-refractivity contribution < 1.29 is 4.79 Å². The van der Waals surface area contributed by atoms with Crippen molar-refractivity contribution in [1.29, 1.82) is 0 Å². The first-order valence-corrected chi connectivity index (χ1v) is 8.16. The molecule has 0 radical (unpaired) electrons. The topological polar surface area (TPSA) is 66.9 Å². The summed E-state index contributed by atoms with van der Waals surface area (Å²) in [5.41, 5.74) is 3.27. The van der Waals surface area contributed by atoms with Gasteiger partial charge in [-0.1, -0.05) is 41.4 Å². The van der Waals surface area contributed by atoms with E-state index in [0.29, 0.717) is 23.1 Å². The quantitative estimate of drug-likeness (QED) is 0.718. The van der Waals surface area contributed by atoms with Gasteiger partial charge in [-0.3, -0.25) is 4.79 Å². The first-order valence-electron chi connectivity index (χ1n) is 7.78. The van der Waals surface area contributed by atoms with E-state index in [0.717, 1.165) is 5.56 Å². The van der Waals surface area contributed by atoms with Gasteiger partial charge in [0.25, 0.3) is 5.91 Å². The van der Waals surface area contributed by atoms with E-state index in [1.807, 2.05) is 0 Å². The number of hydrogen-bond acceptors (Lipinski definition) is 4. The zero-order valence-electron chi connectivity index (χ0n) is 13.7. The van der Waals surface area contributed by atoms with E-state index in [2.05, 4.69) is 51.8 Å². The summed E-state index contributed by atoms with van der Waals surface area (Å²) in [4.78, 5) is 20.5. The molecule has 0 bridgehead atoms. The minimum Gasteiger partial charge on any atom is -0.365 e. The van der Waals surface area contributed by atoms with Crippen molar-refractivity contribution in [2.24, 2.45) is 0 Å². The van der Waals surface area contributed by atoms with Crippen molar-refractivity contribution >= 4 is 29.0 Å². The van der Waals surface area contributed by atoms with Crippen LogP contribution in [0.5, 0.6) is 0 Å². The summed E-state index contributed by atoms with van der Waals surface area (Å²) in [6.45, 7) is 2.70. The number of aromatic nitrogens is 2. The average Bonchev–Trinajstić information content (AvgIpc) is 2.63. The number of amides is 1. The molecule has 0 atom stereocenters. The zero-order chi connectivity index (χ0) is 17.6. The molecule has 1 heterocycles. The van der Waals surface area contributed by atoms with E-state index in [4.69, 9.17) is 11.6 Å². The van der Waals surface area contributed by atoms with Crippen LogP contribution in [0.25, 0.3) is 0 Å². The van der Waals surface area contributed by atoms with Gasteiger partial charge < -0.3 is 10.6 Å². The third kappa shape index (κ3) is 4.78. The highest BCUT2D eigenvalue weighted by Crippen LogP contribution is 2.14. The van der Waals surface area contributed by atoms with Gasteiger partial charge in [-0.15, -0.1) is 0 Å². The minimum atomic E-state index is -0.320. The van der Waals surface area contributed by atoms with Crippen LogP contribution in [0.4, 0.5) is 11.5 Å². The molecule has 0 aliphatic carbocycles. The lowest BCUT2D eigenvalue weighted by atomic mass is 10.1. The second-order valence-corrected chi connectivity index (χ2v) is 6.02.